The summed E-state index contributed by atoms with van der Waals surface area (Å²) in [6.07, 6.45) is 2.14. The Morgan fingerprint density at radius 2 is 2.19 bits per heavy atom. The van der Waals surface area contributed by atoms with Crippen LogP contribution in [0.1, 0.15) is 44.6 Å². The third-order valence-electron chi connectivity index (χ3n) is 4.84. The Hall–Kier alpha value is -1.72. The van der Waals surface area contributed by atoms with Crippen molar-refractivity contribution in [2.45, 2.75) is 39.0 Å². The fourth-order valence-corrected chi connectivity index (χ4v) is 4.38. The molecule has 2 aliphatic rings. The van der Waals surface area contributed by atoms with Gasteiger partial charge in [-0.1, -0.05) is 30.7 Å². The van der Waals surface area contributed by atoms with Gasteiger partial charge in [0.25, 0.3) is 0 Å². The van der Waals surface area contributed by atoms with Crippen LogP contribution < -0.4 is 5.32 Å². The third-order valence-corrected chi connectivity index (χ3v) is 5.94. The number of benzene rings is 1. The highest BCUT2D eigenvalue weighted by Crippen LogP contribution is 2.42. The van der Waals surface area contributed by atoms with E-state index in [4.69, 9.17) is 16.3 Å². The van der Waals surface area contributed by atoms with Gasteiger partial charge in [0.2, 0.25) is 0 Å². The Bertz CT molecular complexity index is 815. The van der Waals surface area contributed by atoms with E-state index in [0.29, 0.717) is 29.2 Å². The molecule has 4 nitrogen and oxygen atoms in total. The van der Waals surface area contributed by atoms with Crippen LogP contribution in [0, 0.1) is 0 Å². The van der Waals surface area contributed by atoms with Crippen LogP contribution >= 0.6 is 23.4 Å². The van der Waals surface area contributed by atoms with Crippen LogP contribution in [-0.4, -0.2) is 29.9 Å². The normalized spacial score (nSPS) is 19.7. The minimum Gasteiger partial charge on any atom is -0.461 e. The summed E-state index contributed by atoms with van der Waals surface area (Å²) in [7, 11) is 0. The quantitative estimate of drug-likeness (QED) is 0.553. The van der Waals surface area contributed by atoms with Gasteiger partial charge in [0.05, 0.1) is 5.57 Å². The second-order valence-corrected chi connectivity index (χ2v) is 8.48. The van der Waals surface area contributed by atoms with Crippen molar-refractivity contribution in [3.63, 3.8) is 0 Å². The van der Waals surface area contributed by atoms with Crippen molar-refractivity contribution < 1.29 is 14.3 Å². The number of Topliss-reactive ketones (excluding diaryl/α,β-unsaturated/α-hetero) is 1. The van der Waals surface area contributed by atoms with Gasteiger partial charge in [-0.2, -0.15) is 11.8 Å². The number of nitrogens with one attached hydrogen (secondary N) is 1. The first-order chi connectivity index (χ1) is 13.0. The Morgan fingerprint density at radius 3 is 2.93 bits per heavy atom. The predicted octanol–water partition coefficient (Wildman–Crippen LogP) is 4.60. The van der Waals surface area contributed by atoms with Gasteiger partial charge in [0.1, 0.15) is 6.61 Å². The number of allylic oxidation sites excluding steroid dienone is 3. The molecule has 1 aliphatic heterocycles. The lowest BCUT2D eigenvalue weighted by molar-refractivity contribution is -0.138. The van der Waals surface area contributed by atoms with Crippen molar-refractivity contribution in [2.24, 2.45) is 0 Å². The van der Waals surface area contributed by atoms with Crippen LogP contribution in [0.4, 0.5) is 0 Å². The number of esters is 1. The maximum Gasteiger partial charge on any atom is 0.336 e. The van der Waals surface area contributed by atoms with E-state index >= 15 is 0 Å². The molecule has 1 aromatic rings. The van der Waals surface area contributed by atoms with Crippen molar-refractivity contribution in [1.29, 1.82) is 0 Å². The minimum absolute atomic E-state index is 0.0908. The summed E-state index contributed by atoms with van der Waals surface area (Å²) >= 11 is 7.93. The average molecular weight is 406 g/mol. The fourth-order valence-electron chi connectivity index (χ4n) is 3.69. The van der Waals surface area contributed by atoms with E-state index in [1.165, 1.54) is 0 Å². The first-order valence-corrected chi connectivity index (χ1v) is 10.8. The van der Waals surface area contributed by atoms with Gasteiger partial charge in [-0.15, -0.1) is 0 Å². The number of dihydropyridines is 1. The zero-order chi connectivity index (χ0) is 19.4. The van der Waals surface area contributed by atoms with E-state index < -0.39 is 5.92 Å². The summed E-state index contributed by atoms with van der Waals surface area (Å²) in [5.74, 6) is 1.03. The number of hydrogen-bond acceptors (Lipinski definition) is 5. The van der Waals surface area contributed by atoms with Crippen LogP contribution in [0.3, 0.4) is 0 Å². The lowest BCUT2D eigenvalue weighted by Gasteiger charge is -2.34. The maximum atomic E-state index is 12.9. The second-order valence-electron chi connectivity index (χ2n) is 6.65. The number of carbonyl (C=O) groups excluding carboxylic acids is 2. The van der Waals surface area contributed by atoms with Crippen LogP contribution in [0.25, 0.3) is 0 Å². The SMILES string of the molecule is CCSCCOC(=O)C1=C(C)NC2=C(C(=O)CCC2)C1c1cccc(Cl)c1. The molecule has 144 valence electrons. The first kappa shape index (κ1) is 20.0. The topological polar surface area (TPSA) is 55.4 Å². The molecule has 0 saturated heterocycles. The number of ether oxygens (including phenoxy) is 1. The number of rotatable bonds is 6. The van der Waals surface area contributed by atoms with E-state index in [-0.39, 0.29) is 11.8 Å². The van der Waals surface area contributed by atoms with Crippen LogP contribution in [0.15, 0.2) is 46.8 Å². The lowest BCUT2D eigenvalue weighted by Crippen LogP contribution is -2.34. The number of hydrogen-bond donors (Lipinski definition) is 1. The molecule has 0 bridgehead atoms. The molecule has 0 radical (unpaired) electrons. The molecule has 0 amide bonds. The molecule has 1 unspecified atom stereocenters. The van der Waals surface area contributed by atoms with Gasteiger partial charge in [0, 0.05) is 40.1 Å². The Balaban J connectivity index is 1.99. The number of ketones is 1. The molecule has 0 fully saturated rings. The summed E-state index contributed by atoms with van der Waals surface area (Å²) in [5, 5.41) is 3.88. The zero-order valence-electron chi connectivity index (χ0n) is 15.6. The summed E-state index contributed by atoms with van der Waals surface area (Å²) < 4.78 is 5.53. The van der Waals surface area contributed by atoms with Gasteiger partial charge in [0.15, 0.2) is 5.78 Å². The Labute approximate surface area is 169 Å². The molecule has 1 N–H and O–H groups in total. The maximum absolute atomic E-state index is 12.9. The summed E-state index contributed by atoms with van der Waals surface area (Å²) in [5.41, 5.74) is 3.71. The van der Waals surface area contributed by atoms with Crippen molar-refractivity contribution in [3.05, 3.63) is 57.4 Å². The van der Waals surface area contributed by atoms with Crippen molar-refractivity contribution in [2.75, 3.05) is 18.1 Å². The van der Waals surface area contributed by atoms with Gasteiger partial charge < -0.3 is 10.1 Å². The van der Waals surface area contributed by atoms with E-state index in [0.717, 1.165) is 41.3 Å². The third kappa shape index (κ3) is 4.41. The lowest BCUT2D eigenvalue weighted by atomic mass is 9.75. The molecule has 0 spiro atoms. The highest BCUT2D eigenvalue weighted by atomic mass is 35.5. The molecule has 1 aromatic carbocycles. The molecular weight excluding hydrogens is 382 g/mol. The predicted molar refractivity (Wildman–Crippen MR) is 110 cm³/mol. The Kier molecular flexibility index (Phi) is 6.66. The van der Waals surface area contributed by atoms with Gasteiger partial charge in [-0.25, -0.2) is 4.79 Å². The van der Waals surface area contributed by atoms with E-state index in [1.54, 1.807) is 17.8 Å². The second kappa shape index (κ2) is 8.98. The van der Waals surface area contributed by atoms with Gasteiger partial charge in [-0.05, 0) is 43.2 Å². The Morgan fingerprint density at radius 1 is 1.37 bits per heavy atom. The van der Waals surface area contributed by atoms with Crippen LogP contribution in [0.5, 0.6) is 0 Å². The summed E-state index contributed by atoms with van der Waals surface area (Å²) in [6, 6.07) is 7.39. The van der Waals surface area contributed by atoms with E-state index in [1.807, 2.05) is 25.1 Å². The highest BCUT2D eigenvalue weighted by molar-refractivity contribution is 7.99. The van der Waals surface area contributed by atoms with Crippen molar-refractivity contribution in [3.8, 4) is 0 Å². The van der Waals surface area contributed by atoms with Crippen molar-refractivity contribution in [1.82, 2.24) is 5.32 Å². The summed E-state index contributed by atoms with van der Waals surface area (Å²) in [4.78, 5) is 25.7. The zero-order valence-corrected chi connectivity index (χ0v) is 17.2. The monoisotopic (exact) mass is 405 g/mol. The highest BCUT2D eigenvalue weighted by Gasteiger charge is 2.39. The molecule has 1 atom stereocenters. The molecular formula is C21H24ClNO3S. The molecule has 1 aliphatic carbocycles. The molecule has 6 heteroatoms. The molecule has 0 saturated carbocycles. The molecule has 0 aromatic heterocycles. The standard InChI is InChI=1S/C21H24ClNO3S/c1-3-27-11-10-26-21(25)18-13(2)23-16-8-5-9-17(24)20(16)19(18)14-6-4-7-15(22)12-14/h4,6-7,12,19,23H,3,5,8-11H2,1-2H3. The molecule has 27 heavy (non-hydrogen) atoms. The molecule has 1 heterocycles. The minimum atomic E-state index is -0.431. The summed E-state index contributed by atoms with van der Waals surface area (Å²) in [6.45, 7) is 4.30. The first-order valence-electron chi connectivity index (χ1n) is 9.27. The van der Waals surface area contributed by atoms with Crippen molar-refractivity contribution >= 4 is 35.1 Å². The smallest absolute Gasteiger partial charge is 0.336 e. The van der Waals surface area contributed by atoms with Gasteiger partial charge in [-0.3, -0.25) is 4.79 Å². The van der Waals surface area contributed by atoms with Crippen LogP contribution in [-0.2, 0) is 14.3 Å². The van der Waals surface area contributed by atoms with Gasteiger partial charge >= 0.3 is 5.97 Å². The molecule has 3 rings (SSSR count). The number of thioether (sulfide) groups is 1. The number of halogens is 1. The van der Waals surface area contributed by atoms with Crippen LogP contribution in [0.2, 0.25) is 5.02 Å². The number of carbonyl (C=O) groups is 2. The van der Waals surface area contributed by atoms with E-state index in [2.05, 4.69) is 12.2 Å². The fraction of sp³-hybridized carbons (Fsp3) is 0.429. The largest absolute Gasteiger partial charge is 0.461 e. The van der Waals surface area contributed by atoms with E-state index in [9.17, 15) is 9.59 Å². The average Bonchev–Trinajstić information content (AvgIpc) is 2.64.